The Hall–Kier alpha value is -2.63. The van der Waals surface area contributed by atoms with Crippen molar-refractivity contribution in [3.05, 3.63) is 35.1 Å². The number of para-hydroxylation sites is 1. The number of hydrogen-bond donors (Lipinski definition) is 3. The van der Waals surface area contributed by atoms with Crippen LogP contribution in [0.5, 0.6) is 11.5 Å². The van der Waals surface area contributed by atoms with Gasteiger partial charge in [0.1, 0.15) is 17.3 Å². The lowest BCUT2D eigenvalue weighted by atomic mass is 9.62. The summed E-state index contributed by atoms with van der Waals surface area (Å²) in [4.78, 5) is 39.1. The number of aliphatic hydroxyl groups excluding tert-OH is 1. The highest BCUT2D eigenvalue weighted by molar-refractivity contribution is 6.09. The van der Waals surface area contributed by atoms with E-state index in [1.54, 1.807) is 0 Å². The molecule has 0 aromatic heterocycles. The fourth-order valence-corrected chi connectivity index (χ4v) is 4.73. The van der Waals surface area contributed by atoms with Gasteiger partial charge in [-0.1, -0.05) is 39.8 Å². The Bertz CT molecular complexity index is 901. The molecule has 0 saturated heterocycles. The summed E-state index contributed by atoms with van der Waals surface area (Å²) in [7, 11) is 0. The Kier molecular flexibility index (Phi) is 5.10. The van der Waals surface area contributed by atoms with Gasteiger partial charge in [0.2, 0.25) is 0 Å². The zero-order chi connectivity index (χ0) is 21.7. The first-order chi connectivity index (χ1) is 13.3. The molecule has 0 spiro atoms. The van der Waals surface area contributed by atoms with Gasteiger partial charge < -0.3 is 15.3 Å². The van der Waals surface area contributed by atoms with E-state index in [0.29, 0.717) is 0 Å². The second-order valence-electron chi connectivity index (χ2n) is 9.92. The van der Waals surface area contributed by atoms with E-state index in [0.717, 1.165) is 0 Å². The minimum absolute atomic E-state index is 0.00312. The highest BCUT2D eigenvalue weighted by Gasteiger charge is 2.49. The zero-order valence-electron chi connectivity index (χ0n) is 17.3. The third kappa shape index (κ3) is 3.93. The van der Waals surface area contributed by atoms with Crippen molar-refractivity contribution in [1.82, 2.24) is 0 Å². The molecule has 0 heterocycles. The minimum atomic E-state index is -1.18. The number of hydrogen-bond acceptors (Lipinski definition) is 6. The normalized spacial score (nSPS) is 23.4. The van der Waals surface area contributed by atoms with E-state index >= 15 is 0 Å². The van der Waals surface area contributed by atoms with Crippen molar-refractivity contribution in [2.75, 3.05) is 0 Å². The average molecular weight is 400 g/mol. The fourth-order valence-electron chi connectivity index (χ4n) is 4.73. The summed E-state index contributed by atoms with van der Waals surface area (Å²) in [5.41, 5.74) is -0.827. The molecule has 29 heavy (non-hydrogen) atoms. The average Bonchev–Trinajstić information content (AvgIpc) is 2.52. The molecule has 3 N–H and O–H groups in total. The van der Waals surface area contributed by atoms with Crippen molar-refractivity contribution in [2.45, 2.75) is 59.3 Å². The summed E-state index contributed by atoms with van der Waals surface area (Å²) in [6.45, 7) is 7.39. The molecule has 156 valence electrons. The van der Waals surface area contributed by atoms with Crippen molar-refractivity contribution >= 4 is 17.3 Å². The molecule has 1 aromatic carbocycles. The Morgan fingerprint density at radius 3 is 1.97 bits per heavy atom. The molecule has 0 aliphatic heterocycles. The van der Waals surface area contributed by atoms with Gasteiger partial charge in [-0.3, -0.25) is 14.4 Å². The molecule has 6 nitrogen and oxygen atoms in total. The van der Waals surface area contributed by atoms with E-state index in [2.05, 4.69) is 0 Å². The summed E-state index contributed by atoms with van der Waals surface area (Å²) in [6, 6.07) is 4.24. The number of ketones is 3. The molecule has 0 unspecified atom stereocenters. The van der Waals surface area contributed by atoms with Gasteiger partial charge in [-0.25, -0.2) is 0 Å². The summed E-state index contributed by atoms with van der Waals surface area (Å²) >= 11 is 0. The van der Waals surface area contributed by atoms with Crippen LogP contribution in [0.4, 0.5) is 0 Å². The van der Waals surface area contributed by atoms with Gasteiger partial charge in [-0.15, -0.1) is 0 Å². The number of aromatic hydroxyl groups is 2. The third-order valence-electron chi connectivity index (χ3n) is 5.92. The Labute approximate surface area is 170 Å². The number of benzene rings is 1. The van der Waals surface area contributed by atoms with Crippen LogP contribution in [0.2, 0.25) is 0 Å². The van der Waals surface area contributed by atoms with Crippen molar-refractivity contribution in [2.24, 2.45) is 16.7 Å². The maximum Gasteiger partial charge on any atom is 0.163 e. The van der Waals surface area contributed by atoms with Crippen molar-refractivity contribution < 1.29 is 29.7 Å². The van der Waals surface area contributed by atoms with Crippen LogP contribution in [0.1, 0.15) is 64.9 Å². The van der Waals surface area contributed by atoms with Crippen LogP contribution in [0.25, 0.3) is 0 Å². The Morgan fingerprint density at radius 1 is 0.862 bits per heavy atom. The minimum Gasteiger partial charge on any atom is -0.512 e. The van der Waals surface area contributed by atoms with Gasteiger partial charge in [0.05, 0.1) is 5.92 Å². The monoisotopic (exact) mass is 400 g/mol. The molecular weight excluding hydrogens is 372 g/mol. The molecule has 0 bridgehead atoms. The number of phenolic OH excluding ortho intramolecular Hbond substituents is 2. The Morgan fingerprint density at radius 2 is 1.41 bits per heavy atom. The number of rotatable bonds is 3. The van der Waals surface area contributed by atoms with Crippen molar-refractivity contribution in [3.63, 3.8) is 0 Å². The van der Waals surface area contributed by atoms with E-state index in [1.807, 2.05) is 27.7 Å². The molecule has 0 amide bonds. The molecule has 1 saturated carbocycles. The first-order valence-electron chi connectivity index (χ1n) is 9.84. The predicted octanol–water partition coefficient (Wildman–Crippen LogP) is 3.96. The van der Waals surface area contributed by atoms with Crippen molar-refractivity contribution in [3.8, 4) is 11.5 Å². The van der Waals surface area contributed by atoms with Crippen molar-refractivity contribution in [1.29, 1.82) is 0 Å². The molecule has 1 atom stereocenters. The van der Waals surface area contributed by atoms with Crippen LogP contribution in [0, 0.1) is 16.7 Å². The lowest BCUT2D eigenvalue weighted by Crippen LogP contribution is -2.43. The van der Waals surface area contributed by atoms with Crippen LogP contribution < -0.4 is 0 Å². The molecule has 0 radical (unpaired) electrons. The number of aliphatic hydroxyl groups is 1. The van der Waals surface area contributed by atoms with Crippen LogP contribution in [-0.2, 0) is 14.4 Å². The van der Waals surface area contributed by atoms with E-state index in [4.69, 9.17) is 0 Å². The predicted molar refractivity (Wildman–Crippen MR) is 107 cm³/mol. The number of carbonyl (C=O) groups is 3. The van der Waals surface area contributed by atoms with E-state index < -0.39 is 34.2 Å². The highest BCUT2D eigenvalue weighted by Crippen LogP contribution is 2.50. The van der Waals surface area contributed by atoms with Crippen LogP contribution in [0.15, 0.2) is 29.5 Å². The third-order valence-corrected chi connectivity index (χ3v) is 5.92. The van der Waals surface area contributed by atoms with Gasteiger partial charge in [0.25, 0.3) is 0 Å². The molecule has 2 aliphatic carbocycles. The van der Waals surface area contributed by atoms with Crippen LogP contribution in [-0.4, -0.2) is 32.7 Å². The quantitative estimate of drug-likeness (QED) is 0.523. The number of carbonyl (C=O) groups excluding carboxylic acids is 3. The largest absolute Gasteiger partial charge is 0.512 e. The van der Waals surface area contributed by atoms with Gasteiger partial charge in [-0.2, -0.15) is 0 Å². The summed E-state index contributed by atoms with van der Waals surface area (Å²) in [6.07, 6.45) is 0.703. The Balaban J connectivity index is 2.22. The first-order valence-corrected chi connectivity index (χ1v) is 9.84. The van der Waals surface area contributed by atoms with Gasteiger partial charge in [0, 0.05) is 42.7 Å². The summed E-state index contributed by atoms with van der Waals surface area (Å²) in [5.74, 6) is -4.36. The molecule has 1 aromatic rings. The second kappa shape index (κ2) is 7.01. The summed E-state index contributed by atoms with van der Waals surface area (Å²) < 4.78 is 0. The maximum absolute atomic E-state index is 13.0. The molecular formula is C23H28O6. The standard InChI is InChI=1S/C23H28O6/c1-22(2)8-14(25)19(15(26)9-22)18(12-6-5-7-13(24)21(12)29)20-16(27)10-23(3,4)11-17(20)28/h5-7,18-19,24,27,29H,8-11H2,1-4H3/t18-/m1/s1. The van der Waals surface area contributed by atoms with Crippen LogP contribution in [0.3, 0.4) is 0 Å². The van der Waals surface area contributed by atoms with E-state index in [9.17, 15) is 29.7 Å². The molecule has 1 fully saturated rings. The van der Waals surface area contributed by atoms with Gasteiger partial charge in [0.15, 0.2) is 17.3 Å². The maximum atomic E-state index is 13.0. The highest BCUT2D eigenvalue weighted by atomic mass is 16.3. The lowest BCUT2D eigenvalue weighted by molar-refractivity contribution is -0.140. The van der Waals surface area contributed by atoms with E-state index in [-0.39, 0.29) is 59.9 Å². The second-order valence-corrected chi connectivity index (χ2v) is 9.92. The number of Topliss-reactive ketones (excluding diaryl/α,β-unsaturated/α-hetero) is 3. The smallest absolute Gasteiger partial charge is 0.163 e. The van der Waals surface area contributed by atoms with Gasteiger partial charge in [-0.05, 0) is 16.9 Å². The lowest BCUT2D eigenvalue weighted by Gasteiger charge is -2.39. The summed E-state index contributed by atoms with van der Waals surface area (Å²) in [5, 5.41) is 31.2. The number of allylic oxidation sites excluding steroid dienone is 2. The topological polar surface area (TPSA) is 112 Å². The first kappa shape index (κ1) is 21.1. The molecule has 6 heteroatoms. The van der Waals surface area contributed by atoms with E-state index in [1.165, 1.54) is 18.2 Å². The fraction of sp³-hybridized carbons (Fsp3) is 0.522. The van der Waals surface area contributed by atoms with Gasteiger partial charge >= 0.3 is 0 Å². The number of phenols is 2. The van der Waals surface area contributed by atoms with Crippen LogP contribution >= 0.6 is 0 Å². The zero-order valence-corrected chi connectivity index (χ0v) is 17.3. The molecule has 3 rings (SSSR count). The SMILES string of the molecule is CC1(C)CC(=O)C([C@H](C2=C(O)CC(C)(C)CC2=O)c2cccc(O)c2O)C(=O)C1. The molecule has 2 aliphatic rings.